The lowest BCUT2D eigenvalue weighted by atomic mass is 9.97. The monoisotopic (exact) mass is 239 g/mol. The van der Waals surface area contributed by atoms with Crippen LogP contribution in [0.3, 0.4) is 0 Å². The predicted molar refractivity (Wildman–Crippen MR) is 59.5 cm³/mol. The maximum Gasteiger partial charge on any atom is 0.317 e. The van der Waals surface area contributed by atoms with Gasteiger partial charge in [-0.05, 0) is 25.1 Å². The highest BCUT2D eigenvalue weighted by Crippen LogP contribution is 2.34. The van der Waals surface area contributed by atoms with Crippen LogP contribution < -0.4 is 10.1 Å². The van der Waals surface area contributed by atoms with Gasteiger partial charge in [-0.25, -0.2) is 4.39 Å². The summed E-state index contributed by atoms with van der Waals surface area (Å²) in [5.74, 6) is -0.654. The Labute approximate surface area is 98.4 Å². The second-order valence-electron chi connectivity index (χ2n) is 4.17. The van der Waals surface area contributed by atoms with E-state index in [0.29, 0.717) is 17.7 Å². The number of carbonyl (C=O) groups is 1. The van der Waals surface area contributed by atoms with Crippen molar-refractivity contribution in [3.05, 3.63) is 29.6 Å². The van der Waals surface area contributed by atoms with Gasteiger partial charge >= 0.3 is 5.97 Å². The molecule has 17 heavy (non-hydrogen) atoms. The molecule has 1 heterocycles. The van der Waals surface area contributed by atoms with Crippen LogP contribution in [-0.4, -0.2) is 23.7 Å². The van der Waals surface area contributed by atoms with E-state index in [1.165, 1.54) is 12.1 Å². The van der Waals surface area contributed by atoms with Crippen molar-refractivity contribution in [1.29, 1.82) is 0 Å². The average molecular weight is 239 g/mol. The molecule has 0 fully saturated rings. The summed E-state index contributed by atoms with van der Waals surface area (Å²) < 4.78 is 18.7. The summed E-state index contributed by atoms with van der Waals surface area (Å²) in [6.07, 6.45) is 0.614. The standard InChI is InChI=1S/C12H14FNO3/c1-7-4-10(14-6-12(15)16)9-5-8(13)2-3-11(9)17-7/h2-3,5,7,10,14H,4,6H2,1H3,(H,15,16). The van der Waals surface area contributed by atoms with Crippen molar-refractivity contribution in [1.82, 2.24) is 5.32 Å². The van der Waals surface area contributed by atoms with E-state index >= 15 is 0 Å². The number of ether oxygens (including phenoxy) is 1. The Hall–Kier alpha value is -1.62. The van der Waals surface area contributed by atoms with Crippen LogP contribution in [0, 0.1) is 5.82 Å². The fraction of sp³-hybridized carbons (Fsp3) is 0.417. The topological polar surface area (TPSA) is 58.6 Å². The first-order valence-corrected chi connectivity index (χ1v) is 5.47. The minimum atomic E-state index is -0.929. The van der Waals surface area contributed by atoms with Crippen LogP contribution in [0.1, 0.15) is 24.9 Å². The number of rotatable bonds is 3. The van der Waals surface area contributed by atoms with Crippen LogP contribution in [0.15, 0.2) is 18.2 Å². The molecule has 0 radical (unpaired) electrons. The molecule has 2 unspecified atom stereocenters. The lowest BCUT2D eigenvalue weighted by molar-refractivity contribution is -0.136. The number of aliphatic carboxylic acids is 1. The van der Waals surface area contributed by atoms with Gasteiger partial charge in [-0.3, -0.25) is 10.1 Å². The third kappa shape index (κ3) is 2.74. The van der Waals surface area contributed by atoms with E-state index in [4.69, 9.17) is 9.84 Å². The van der Waals surface area contributed by atoms with Crippen molar-refractivity contribution < 1.29 is 19.0 Å². The number of carboxylic acid groups (broad SMARTS) is 1. The molecule has 0 saturated carbocycles. The molecular formula is C12H14FNO3. The van der Waals surface area contributed by atoms with Gasteiger partial charge in [0, 0.05) is 18.0 Å². The van der Waals surface area contributed by atoms with Gasteiger partial charge in [-0.2, -0.15) is 0 Å². The van der Waals surface area contributed by atoms with Gasteiger partial charge in [0.05, 0.1) is 12.6 Å². The van der Waals surface area contributed by atoms with E-state index in [1.807, 2.05) is 6.92 Å². The molecule has 0 saturated heterocycles. The summed E-state index contributed by atoms with van der Waals surface area (Å²) >= 11 is 0. The number of nitrogens with one attached hydrogen (secondary N) is 1. The van der Waals surface area contributed by atoms with Gasteiger partial charge in [0.15, 0.2) is 0 Å². The first-order chi connectivity index (χ1) is 8.06. The zero-order valence-electron chi connectivity index (χ0n) is 9.44. The Bertz CT molecular complexity index is 436. The smallest absolute Gasteiger partial charge is 0.317 e. The van der Waals surface area contributed by atoms with Crippen LogP contribution in [0.25, 0.3) is 0 Å². The molecule has 92 valence electrons. The predicted octanol–water partition coefficient (Wildman–Crippen LogP) is 1.71. The molecule has 1 aliphatic rings. The fourth-order valence-corrected chi connectivity index (χ4v) is 2.03. The maximum atomic E-state index is 13.2. The van der Waals surface area contributed by atoms with E-state index in [-0.39, 0.29) is 24.5 Å². The van der Waals surface area contributed by atoms with Gasteiger partial charge in [-0.15, -0.1) is 0 Å². The molecule has 0 spiro atoms. The third-order valence-corrected chi connectivity index (χ3v) is 2.74. The molecule has 0 aliphatic carbocycles. The largest absolute Gasteiger partial charge is 0.490 e. The minimum Gasteiger partial charge on any atom is -0.490 e. The summed E-state index contributed by atoms with van der Waals surface area (Å²) in [7, 11) is 0. The summed E-state index contributed by atoms with van der Waals surface area (Å²) in [5, 5.41) is 11.5. The zero-order chi connectivity index (χ0) is 12.4. The Morgan fingerprint density at radius 3 is 3.12 bits per heavy atom. The van der Waals surface area contributed by atoms with E-state index in [9.17, 15) is 9.18 Å². The van der Waals surface area contributed by atoms with Crippen molar-refractivity contribution in [3.8, 4) is 5.75 Å². The van der Waals surface area contributed by atoms with Crippen LogP contribution >= 0.6 is 0 Å². The minimum absolute atomic E-state index is 0.0146. The number of fused-ring (bicyclic) bond motifs is 1. The molecule has 2 N–H and O–H groups in total. The number of halogens is 1. The Morgan fingerprint density at radius 1 is 1.65 bits per heavy atom. The van der Waals surface area contributed by atoms with Crippen LogP contribution in [0.5, 0.6) is 5.75 Å². The van der Waals surface area contributed by atoms with Crippen LogP contribution in [0.2, 0.25) is 0 Å². The number of benzene rings is 1. The summed E-state index contributed by atoms with van der Waals surface area (Å²) in [6, 6.07) is 4.13. The van der Waals surface area contributed by atoms with E-state index in [2.05, 4.69) is 5.32 Å². The molecule has 2 atom stereocenters. The summed E-state index contributed by atoms with van der Waals surface area (Å²) in [5.41, 5.74) is 0.685. The highest BCUT2D eigenvalue weighted by Gasteiger charge is 2.26. The van der Waals surface area contributed by atoms with Gasteiger partial charge in [0.2, 0.25) is 0 Å². The summed E-state index contributed by atoms with van der Waals surface area (Å²) in [6.45, 7) is 1.76. The van der Waals surface area contributed by atoms with E-state index in [0.717, 1.165) is 0 Å². The molecule has 4 nitrogen and oxygen atoms in total. The molecule has 1 aromatic carbocycles. The number of hydrogen-bond acceptors (Lipinski definition) is 3. The molecule has 0 aromatic heterocycles. The molecule has 5 heteroatoms. The van der Waals surface area contributed by atoms with E-state index < -0.39 is 5.97 Å². The lowest BCUT2D eigenvalue weighted by Gasteiger charge is -2.30. The Morgan fingerprint density at radius 2 is 2.41 bits per heavy atom. The Kier molecular flexibility index (Phi) is 3.28. The molecule has 2 rings (SSSR count). The lowest BCUT2D eigenvalue weighted by Crippen LogP contribution is -2.34. The van der Waals surface area contributed by atoms with E-state index in [1.54, 1.807) is 6.07 Å². The van der Waals surface area contributed by atoms with Gasteiger partial charge in [0.1, 0.15) is 11.6 Å². The fourth-order valence-electron chi connectivity index (χ4n) is 2.03. The van der Waals surface area contributed by atoms with Crippen LogP contribution in [-0.2, 0) is 4.79 Å². The van der Waals surface area contributed by atoms with Crippen molar-refractivity contribution in [2.24, 2.45) is 0 Å². The number of carboxylic acids is 1. The normalized spacial score (nSPS) is 22.7. The first-order valence-electron chi connectivity index (χ1n) is 5.47. The van der Waals surface area contributed by atoms with Crippen molar-refractivity contribution in [3.63, 3.8) is 0 Å². The molecular weight excluding hydrogens is 225 g/mol. The van der Waals surface area contributed by atoms with Gasteiger partial charge in [0.25, 0.3) is 0 Å². The summed E-state index contributed by atoms with van der Waals surface area (Å²) in [4.78, 5) is 10.5. The SMILES string of the molecule is CC1CC(NCC(=O)O)c2cc(F)ccc2O1. The quantitative estimate of drug-likeness (QED) is 0.843. The van der Waals surface area contributed by atoms with Crippen molar-refractivity contribution in [2.75, 3.05) is 6.54 Å². The highest BCUT2D eigenvalue weighted by molar-refractivity contribution is 5.69. The van der Waals surface area contributed by atoms with Crippen LogP contribution in [0.4, 0.5) is 4.39 Å². The third-order valence-electron chi connectivity index (χ3n) is 2.74. The molecule has 1 aliphatic heterocycles. The molecule has 0 amide bonds. The Balaban J connectivity index is 2.23. The zero-order valence-corrected chi connectivity index (χ0v) is 9.44. The second-order valence-corrected chi connectivity index (χ2v) is 4.17. The second kappa shape index (κ2) is 4.71. The van der Waals surface area contributed by atoms with Crippen molar-refractivity contribution in [2.45, 2.75) is 25.5 Å². The molecule has 0 bridgehead atoms. The van der Waals surface area contributed by atoms with Crippen molar-refractivity contribution >= 4 is 5.97 Å². The first kappa shape index (κ1) is 11.9. The number of hydrogen-bond donors (Lipinski definition) is 2. The highest BCUT2D eigenvalue weighted by atomic mass is 19.1. The molecule has 1 aromatic rings. The van der Waals surface area contributed by atoms with Gasteiger partial charge in [-0.1, -0.05) is 0 Å². The van der Waals surface area contributed by atoms with Gasteiger partial charge < -0.3 is 9.84 Å². The average Bonchev–Trinajstić information content (AvgIpc) is 2.26. The maximum absolute atomic E-state index is 13.2.